The van der Waals surface area contributed by atoms with E-state index in [0.717, 1.165) is 38.4 Å². The Bertz CT molecular complexity index is 1150. The van der Waals surface area contributed by atoms with E-state index in [1.807, 2.05) is 0 Å². The van der Waals surface area contributed by atoms with Gasteiger partial charge in [0.25, 0.3) is 0 Å². The van der Waals surface area contributed by atoms with Gasteiger partial charge in [-0.05, 0) is 72.5 Å². The van der Waals surface area contributed by atoms with E-state index in [0.29, 0.717) is 31.1 Å². The Kier molecular flexibility index (Phi) is 7.09. The zero-order valence-corrected chi connectivity index (χ0v) is 20.7. The van der Waals surface area contributed by atoms with Crippen LogP contribution in [0.1, 0.15) is 42.9 Å². The molecule has 1 aliphatic carbocycles. The zero-order chi connectivity index (χ0) is 25.3. The molecule has 0 radical (unpaired) electrons. The number of likely N-dealkylation sites (tertiary alicyclic amines) is 2. The van der Waals surface area contributed by atoms with Crippen LogP contribution in [0.3, 0.4) is 0 Å². The molecule has 5 rings (SSSR count). The highest BCUT2D eigenvalue weighted by atomic mass is 19.1. The molecule has 6 heteroatoms. The lowest BCUT2D eigenvalue weighted by molar-refractivity contribution is -0.128. The van der Waals surface area contributed by atoms with Crippen LogP contribution in [0.4, 0.5) is 8.78 Å². The van der Waals surface area contributed by atoms with Crippen LogP contribution in [0.15, 0.2) is 54.6 Å². The fraction of sp³-hybridized carbons (Fsp3) is 0.433. The van der Waals surface area contributed by atoms with Crippen LogP contribution in [0.25, 0.3) is 12.2 Å². The minimum Gasteiger partial charge on any atom is -0.392 e. The van der Waals surface area contributed by atoms with Gasteiger partial charge in [0.1, 0.15) is 11.6 Å². The van der Waals surface area contributed by atoms with Gasteiger partial charge in [0.2, 0.25) is 5.91 Å². The molecule has 1 spiro atoms. The lowest BCUT2D eigenvalue weighted by Gasteiger charge is -2.45. The number of carbonyl (C=O) groups excluding carboxylic acids is 1. The normalized spacial score (nSPS) is 25.6. The summed E-state index contributed by atoms with van der Waals surface area (Å²) >= 11 is 0. The average Bonchev–Trinajstić information content (AvgIpc) is 3.24. The van der Waals surface area contributed by atoms with Crippen molar-refractivity contribution in [2.75, 3.05) is 32.7 Å². The van der Waals surface area contributed by atoms with E-state index in [1.165, 1.54) is 35.4 Å². The van der Waals surface area contributed by atoms with E-state index in [2.05, 4.69) is 48.2 Å². The van der Waals surface area contributed by atoms with Crippen molar-refractivity contribution >= 4 is 18.1 Å². The molecular formula is C30H34F2N2O2. The second-order valence-corrected chi connectivity index (χ2v) is 10.6. The summed E-state index contributed by atoms with van der Waals surface area (Å²) in [5.74, 6) is -0.878. The van der Waals surface area contributed by atoms with Gasteiger partial charge in [0, 0.05) is 43.7 Å². The molecule has 0 saturated carbocycles. The Morgan fingerprint density at radius 3 is 2.58 bits per heavy atom. The molecule has 190 valence electrons. The number of rotatable bonds is 5. The zero-order valence-electron chi connectivity index (χ0n) is 20.7. The quantitative estimate of drug-likeness (QED) is 0.605. The van der Waals surface area contributed by atoms with Crippen LogP contribution in [0.2, 0.25) is 0 Å². The minimum absolute atomic E-state index is 0.106. The molecule has 3 aliphatic rings. The lowest BCUT2D eigenvalue weighted by atomic mass is 9.68. The Hall–Kier alpha value is -2.83. The highest BCUT2D eigenvalue weighted by molar-refractivity contribution is 5.91. The number of halogens is 2. The Balaban J connectivity index is 1.11. The van der Waals surface area contributed by atoms with E-state index in [-0.39, 0.29) is 17.2 Å². The molecule has 2 saturated heterocycles. The number of β-amino-alcohol motifs (C(OH)–C–C–N with tert-alkyl or cyclic N) is 1. The minimum atomic E-state index is -0.667. The molecule has 1 unspecified atom stereocenters. The molecule has 0 bridgehead atoms. The van der Waals surface area contributed by atoms with E-state index in [4.69, 9.17) is 0 Å². The molecular weight excluding hydrogens is 458 g/mol. The standard InChI is InChI=1S/C30H34F2N2O2/c1-21-19-33(15-12-30(21)11-8-23-4-2-3-5-27(23)30)20-28(35)24-9-13-34(14-10-24)29(36)7-6-22-16-25(31)18-26(32)17-22/h2-8,11,16-18,21,24,28,35H,9-10,12-15,19-20H2,1H3/t21-,28?,30+/m0/s1. The summed E-state index contributed by atoms with van der Waals surface area (Å²) in [6.07, 6.45) is 9.60. The highest BCUT2D eigenvalue weighted by Crippen LogP contribution is 2.46. The Labute approximate surface area is 211 Å². The fourth-order valence-corrected chi connectivity index (χ4v) is 6.30. The van der Waals surface area contributed by atoms with Crippen LogP contribution in [0.5, 0.6) is 0 Å². The molecule has 36 heavy (non-hydrogen) atoms. The number of benzene rings is 2. The summed E-state index contributed by atoms with van der Waals surface area (Å²) in [5, 5.41) is 11.0. The number of aliphatic hydroxyl groups excluding tert-OH is 1. The number of carbonyl (C=O) groups is 1. The first kappa shape index (κ1) is 24.8. The number of amides is 1. The lowest BCUT2D eigenvalue weighted by Crippen LogP contribution is -2.51. The van der Waals surface area contributed by atoms with Crippen LogP contribution >= 0.6 is 0 Å². The molecule has 2 fully saturated rings. The first-order valence-electron chi connectivity index (χ1n) is 13.0. The van der Waals surface area contributed by atoms with Crippen molar-refractivity contribution < 1.29 is 18.7 Å². The van der Waals surface area contributed by atoms with E-state index < -0.39 is 17.7 Å². The maximum Gasteiger partial charge on any atom is 0.246 e. The van der Waals surface area contributed by atoms with E-state index in [9.17, 15) is 18.7 Å². The maximum absolute atomic E-state index is 13.4. The van der Waals surface area contributed by atoms with Crippen LogP contribution < -0.4 is 0 Å². The van der Waals surface area contributed by atoms with Crippen molar-refractivity contribution in [2.24, 2.45) is 11.8 Å². The number of hydrogen-bond acceptors (Lipinski definition) is 3. The van der Waals surface area contributed by atoms with Gasteiger partial charge in [0.15, 0.2) is 0 Å². The second-order valence-electron chi connectivity index (χ2n) is 10.6. The van der Waals surface area contributed by atoms with Gasteiger partial charge in [-0.25, -0.2) is 8.78 Å². The van der Waals surface area contributed by atoms with Gasteiger partial charge in [-0.1, -0.05) is 43.3 Å². The Morgan fingerprint density at radius 2 is 1.86 bits per heavy atom. The van der Waals surface area contributed by atoms with Crippen molar-refractivity contribution in [1.82, 2.24) is 9.80 Å². The summed E-state index contributed by atoms with van der Waals surface area (Å²) in [7, 11) is 0. The van der Waals surface area contributed by atoms with Gasteiger partial charge in [0.05, 0.1) is 6.10 Å². The van der Waals surface area contributed by atoms with Crippen LogP contribution in [0, 0.1) is 23.5 Å². The first-order valence-corrected chi connectivity index (χ1v) is 13.0. The number of fused-ring (bicyclic) bond motifs is 2. The molecule has 2 heterocycles. The number of allylic oxidation sites excluding steroid dienone is 1. The summed E-state index contributed by atoms with van der Waals surface area (Å²) in [6, 6.07) is 11.9. The third kappa shape index (κ3) is 5.02. The SMILES string of the molecule is C[C@H]1CN(CC(O)C2CCN(C(=O)C=Cc3cc(F)cc(F)c3)CC2)CC[C@]12C=Cc1ccccc12. The van der Waals surface area contributed by atoms with Crippen molar-refractivity contribution in [3.8, 4) is 0 Å². The molecule has 2 aliphatic heterocycles. The molecule has 4 nitrogen and oxygen atoms in total. The third-order valence-corrected chi connectivity index (χ3v) is 8.42. The van der Waals surface area contributed by atoms with Gasteiger partial charge in [-0.2, -0.15) is 0 Å². The molecule has 2 aromatic carbocycles. The smallest absolute Gasteiger partial charge is 0.246 e. The molecule has 2 aromatic rings. The number of nitrogens with zero attached hydrogens (tertiary/aromatic N) is 2. The third-order valence-electron chi connectivity index (χ3n) is 8.42. The van der Waals surface area contributed by atoms with Gasteiger partial charge >= 0.3 is 0 Å². The van der Waals surface area contributed by atoms with Gasteiger partial charge in [-0.3, -0.25) is 4.79 Å². The van der Waals surface area contributed by atoms with Gasteiger partial charge in [-0.15, -0.1) is 0 Å². The first-order chi connectivity index (χ1) is 17.3. The van der Waals surface area contributed by atoms with Crippen molar-refractivity contribution in [1.29, 1.82) is 0 Å². The van der Waals surface area contributed by atoms with Crippen LogP contribution in [-0.2, 0) is 10.2 Å². The monoisotopic (exact) mass is 492 g/mol. The topological polar surface area (TPSA) is 43.8 Å². The van der Waals surface area contributed by atoms with Gasteiger partial charge < -0.3 is 14.9 Å². The predicted octanol–water partition coefficient (Wildman–Crippen LogP) is 4.88. The number of piperidine rings is 2. The second kappa shape index (κ2) is 10.3. The number of aliphatic hydroxyl groups is 1. The molecule has 0 aromatic heterocycles. The van der Waals surface area contributed by atoms with E-state index in [1.54, 1.807) is 4.90 Å². The summed E-state index contributed by atoms with van der Waals surface area (Å²) in [4.78, 5) is 16.7. The van der Waals surface area contributed by atoms with Crippen molar-refractivity contribution in [3.63, 3.8) is 0 Å². The molecule has 3 atom stereocenters. The van der Waals surface area contributed by atoms with Crippen molar-refractivity contribution in [3.05, 3.63) is 82.9 Å². The largest absolute Gasteiger partial charge is 0.392 e. The average molecular weight is 493 g/mol. The van der Waals surface area contributed by atoms with Crippen LogP contribution in [-0.4, -0.2) is 59.6 Å². The fourth-order valence-electron chi connectivity index (χ4n) is 6.30. The summed E-state index contributed by atoms with van der Waals surface area (Å²) in [5.41, 5.74) is 3.19. The molecule has 1 amide bonds. The maximum atomic E-state index is 13.4. The summed E-state index contributed by atoms with van der Waals surface area (Å²) < 4.78 is 26.7. The summed E-state index contributed by atoms with van der Waals surface area (Å²) in [6.45, 7) is 6.05. The van der Waals surface area contributed by atoms with E-state index >= 15 is 0 Å². The number of hydrogen-bond donors (Lipinski definition) is 1. The molecule has 1 N–H and O–H groups in total. The highest BCUT2D eigenvalue weighted by Gasteiger charge is 2.43. The Morgan fingerprint density at radius 1 is 1.14 bits per heavy atom. The van der Waals surface area contributed by atoms with Crippen molar-refractivity contribution in [2.45, 2.75) is 37.7 Å². The predicted molar refractivity (Wildman–Crippen MR) is 138 cm³/mol.